The summed E-state index contributed by atoms with van der Waals surface area (Å²) in [6, 6.07) is 9.79. The Balaban J connectivity index is 2.10. The topological polar surface area (TPSA) is 23.6 Å². The third kappa shape index (κ3) is 3.48. The maximum absolute atomic E-state index is 12.5. The number of hydrogen-bond donors (Lipinski definition) is 0. The van der Waals surface area contributed by atoms with Crippen LogP contribution in [0.2, 0.25) is 0 Å². The largest absolute Gasteiger partial charge is 0.337 e. The van der Waals surface area contributed by atoms with E-state index in [1.807, 2.05) is 35.2 Å². The van der Waals surface area contributed by atoms with Crippen molar-refractivity contribution in [3.8, 4) is 0 Å². The summed E-state index contributed by atoms with van der Waals surface area (Å²) in [5, 5.41) is -0.577. The van der Waals surface area contributed by atoms with E-state index in [0.29, 0.717) is 0 Å². The molecule has 1 amide bonds. The summed E-state index contributed by atoms with van der Waals surface area (Å²) in [6.45, 7) is 4.82. The molecule has 1 saturated heterocycles. The number of halogens is 1. The molecular weight excluding hydrogens is 260 g/mol. The number of carbonyl (C=O) groups is 1. The molecule has 1 fully saturated rings. The molecule has 2 unspecified atom stereocenters. The number of likely N-dealkylation sites (N-methyl/N-ethyl adjacent to an activating group) is 1. The van der Waals surface area contributed by atoms with Gasteiger partial charge >= 0.3 is 0 Å². The molecule has 0 bridgehead atoms. The average Bonchev–Trinajstić information content (AvgIpc) is 2.58. The van der Waals surface area contributed by atoms with Crippen molar-refractivity contribution in [3.05, 3.63) is 35.9 Å². The molecular formula is C15H21ClN2O. The molecule has 2 atom stereocenters. The zero-order valence-corrected chi connectivity index (χ0v) is 12.3. The van der Waals surface area contributed by atoms with Crippen LogP contribution < -0.4 is 0 Å². The zero-order chi connectivity index (χ0) is 13.8. The van der Waals surface area contributed by atoms with Crippen molar-refractivity contribution in [1.29, 1.82) is 0 Å². The van der Waals surface area contributed by atoms with E-state index < -0.39 is 5.38 Å². The Hall–Kier alpha value is -1.06. The van der Waals surface area contributed by atoms with Gasteiger partial charge in [-0.05, 0) is 32.5 Å². The fourth-order valence-electron chi connectivity index (χ4n) is 2.61. The van der Waals surface area contributed by atoms with Crippen molar-refractivity contribution < 1.29 is 4.79 Å². The quantitative estimate of drug-likeness (QED) is 0.777. The molecule has 0 aliphatic carbocycles. The zero-order valence-electron chi connectivity index (χ0n) is 11.6. The van der Waals surface area contributed by atoms with Gasteiger partial charge in [0.05, 0.1) is 0 Å². The highest BCUT2D eigenvalue weighted by atomic mass is 35.5. The SMILES string of the molecule is CC1CN(C)CCCN1C(=O)C(Cl)c1ccccc1. The van der Waals surface area contributed by atoms with E-state index >= 15 is 0 Å². The van der Waals surface area contributed by atoms with E-state index in [0.717, 1.165) is 31.6 Å². The van der Waals surface area contributed by atoms with E-state index in [1.54, 1.807) is 0 Å². The maximum Gasteiger partial charge on any atom is 0.245 e. The molecule has 0 saturated carbocycles. The third-order valence-electron chi connectivity index (χ3n) is 3.64. The molecule has 0 aromatic heterocycles. The van der Waals surface area contributed by atoms with Gasteiger partial charge in [0.1, 0.15) is 5.38 Å². The highest BCUT2D eigenvalue weighted by Gasteiger charge is 2.29. The smallest absolute Gasteiger partial charge is 0.245 e. The first-order valence-corrected chi connectivity index (χ1v) is 7.21. The van der Waals surface area contributed by atoms with Crippen LogP contribution in [0.25, 0.3) is 0 Å². The molecule has 1 heterocycles. The number of carbonyl (C=O) groups excluding carboxylic acids is 1. The maximum atomic E-state index is 12.5. The monoisotopic (exact) mass is 280 g/mol. The van der Waals surface area contributed by atoms with Crippen LogP contribution in [0.1, 0.15) is 24.3 Å². The van der Waals surface area contributed by atoms with Crippen molar-refractivity contribution >= 4 is 17.5 Å². The van der Waals surface area contributed by atoms with Crippen molar-refractivity contribution in [3.63, 3.8) is 0 Å². The van der Waals surface area contributed by atoms with Crippen LogP contribution in [-0.2, 0) is 4.79 Å². The van der Waals surface area contributed by atoms with Crippen LogP contribution in [0, 0.1) is 0 Å². The number of benzene rings is 1. The summed E-state index contributed by atoms with van der Waals surface area (Å²) < 4.78 is 0. The van der Waals surface area contributed by atoms with Crippen LogP contribution in [0.15, 0.2) is 30.3 Å². The lowest BCUT2D eigenvalue weighted by Crippen LogP contribution is -2.43. The number of rotatable bonds is 2. The first-order chi connectivity index (χ1) is 9.09. The van der Waals surface area contributed by atoms with E-state index in [-0.39, 0.29) is 11.9 Å². The van der Waals surface area contributed by atoms with Gasteiger partial charge in [-0.15, -0.1) is 11.6 Å². The molecule has 3 nitrogen and oxygen atoms in total. The van der Waals surface area contributed by atoms with Gasteiger partial charge in [0.25, 0.3) is 0 Å². The number of nitrogens with zero attached hydrogens (tertiary/aromatic N) is 2. The summed E-state index contributed by atoms with van der Waals surface area (Å²) in [5.41, 5.74) is 0.874. The Bertz CT molecular complexity index is 423. The molecule has 19 heavy (non-hydrogen) atoms. The first-order valence-electron chi connectivity index (χ1n) is 6.77. The van der Waals surface area contributed by atoms with Gasteiger partial charge < -0.3 is 9.80 Å². The third-order valence-corrected chi connectivity index (χ3v) is 4.08. The predicted octanol–water partition coefficient (Wildman–Crippen LogP) is 2.52. The van der Waals surface area contributed by atoms with E-state index in [4.69, 9.17) is 11.6 Å². The molecule has 0 N–H and O–H groups in total. The Morgan fingerprint density at radius 3 is 2.68 bits per heavy atom. The van der Waals surface area contributed by atoms with E-state index in [2.05, 4.69) is 18.9 Å². The van der Waals surface area contributed by atoms with Crippen molar-refractivity contribution in [2.75, 3.05) is 26.7 Å². The minimum Gasteiger partial charge on any atom is -0.337 e. The Labute approximate surface area is 120 Å². The van der Waals surface area contributed by atoms with Gasteiger partial charge in [-0.2, -0.15) is 0 Å². The van der Waals surface area contributed by atoms with Crippen LogP contribution in [0.5, 0.6) is 0 Å². The first kappa shape index (κ1) is 14.4. The second-order valence-corrected chi connectivity index (χ2v) is 5.71. The van der Waals surface area contributed by atoms with Gasteiger partial charge in [-0.25, -0.2) is 0 Å². The fourth-order valence-corrected chi connectivity index (χ4v) is 2.88. The predicted molar refractivity (Wildman–Crippen MR) is 78.3 cm³/mol. The lowest BCUT2D eigenvalue weighted by molar-refractivity contribution is -0.132. The molecule has 104 valence electrons. The van der Waals surface area contributed by atoms with Gasteiger partial charge in [0, 0.05) is 19.1 Å². The molecule has 0 spiro atoms. The molecule has 2 rings (SSSR count). The summed E-state index contributed by atoms with van der Waals surface area (Å²) in [5.74, 6) is 0.0238. The molecule has 0 radical (unpaired) electrons. The molecule has 1 aliphatic heterocycles. The number of alkyl halides is 1. The van der Waals surface area contributed by atoms with Crippen LogP contribution in [0.4, 0.5) is 0 Å². The van der Waals surface area contributed by atoms with Gasteiger partial charge in [0.2, 0.25) is 5.91 Å². The summed E-state index contributed by atoms with van der Waals surface area (Å²) in [4.78, 5) is 16.7. The lowest BCUT2D eigenvalue weighted by Gasteiger charge is -2.29. The summed E-state index contributed by atoms with van der Waals surface area (Å²) in [6.07, 6.45) is 1.00. The van der Waals surface area contributed by atoms with Gasteiger partial charge in [-0.3, -0.25) is 4.79 Å². The van der Waals surface area contributed by atoms with Crippen molar-refractivity contribution in [2.45, 2.75) is 24.8 Å². The molecule has 1 aromatic carbocycles. The van der Waals surface area contributed by atoms with Crippen LogP contribution in [0.3, 0.4) is 0 Å². The minimum absolute atomic E-state index is 0.0238. The number of hydrogen-bond acceptors (Lipinski definition) is 2. The van der Waals surface area contributed by atoms with Crippen molar-refractivity contribution in [1.82, 2.24) is 9.80 Å². The standard InChI is InChI=1S/C15H21ClN2O/c1-12-11-17(2)9-6-10-18(12)15(19)14(16)13-7-4-3-5-8-13/h3-5,7-8,12,14H,6,9-11H2,1-2H3. The average molecular weight is 281 g/mol. The van der Waals surface area contributed by atoms with E-state index in [1.165, 1.54) is 0 Å². The second kappa shape index (κ2) is 6.40. The summed E-state index contributed by atoms with van der Waals surface area (Å²) >= 11 is 6.34. The van der Waals surface area contributed by atoms with Crippen molar-refractivity contribution in [2.24, 2.45) is 0 Å². The molecule has 4 heteroatoms. The Kier molecular flexibility index (Phi) is 4.83. The lowest BCUT2D eigenvalue weighted by atomic mass is 10.1. The van der Waals surface area contributed by atoms with Crippen LogP contribution in [-0.4, -0.2) is 48.4 Å². The Morgan fingerprint density at radius 2 is 2.00 bits per heavy atom. The van der Waals surface area contributed by atoms with Gasteiger partial charge in [0.15, 0.2) is 0 Å². The molecule has 1 aromatic rings. The normalized spacial score (nSPS) is 22.9. The minimum atomic E-state index is -0.577. The highest BCUT2D eigenvalue weighted by Crippen LogP contribution is 2.24. The number of amides is 1. The Morgan fingerprint density at radius 1 is 1.32 bits per heavy atom. The highest BCUT2D eigenvalue weighted by molar-refractivity contribution is 6.30. The fraction of sp³-hybridized carbons (Fsp3) is 0.533. The summed E-state index contributed by atoms with van der Waals surface area (Å²) in [7, 11) is 2.10. The second-order valence-electron chi connectivity index (χ2n) is 5.27. The van der Waals surface area contributed by atoms with E-state index in [9.17, 15) is 4.79 Å². The van der Waals surface area contributed by atoms with Gasteiger partial charge in [-0.1, -0.05) is 30.3 Å². The molecule has 1 aliphatic rings. The van der Waals surface area contributed by atoms with Crippen LogP contribution >= 0.6 is 11.6 Å².